The number of phosphoric ester groups is 1. The van der Waals surface area contributed by atoms with Crippen molar-refractivity contribution in [3.8, 4) is 0 Å². The van der Waals surface area contributed by atoms with Crippen LogP contribution in [-0.2, 0) is 32.7 Å². The van der Waals surface area contributed by atoms with Gasteiger partial charge in [0.1, 0.15) is 19.8 Å². The van der Waals surface area contributed by atoms with Crippen molar-refractivity contribution in [1.29, 1.82) is 0 Å². The van der Waals surface area contributed by atoms with Crippen LogP contribution in [-0.4, -0.2) is 70.0 Å². The van der Waals surface area contributed by atoms with E-state index in [4.69, 9.17) is 18.5 Å². The molecule has 0 spiro atoms. The summed E-state index contributed by atoms with van der Waals surface area (Å²) in [4.78, 5) is 38.1. The molecule has 10 heteroatoms. The van der Waals surface area contributed by atoms with E-state index >= 15 is 0 Å². The second kappa shape index (κ2) is 65.7. The molecule has 0 fully saturated rings. The van der Waals surface area contributed by atoms with Gasteiger partial charge in [-0.1, -0.05) is 326 Å². The summed E-state index contributed by atoms with van der Waals surface area (Å²) in [7, 11) is 1.19. The average Bonchev–Trinajstić information content (AvgIpc) is 3.61. The van der Waals surface area contributed by atoms with Crippen molar-refractivity contribution < 1.29 is 42.1 Å². The quantitative estimate of drug-likeness (QED) is 0.0195. The minimum atomic E-state index is -4.64. The van der Waals surface area contributed by atoms with Crippen LogP contribution in [0.2, 0.25) is 0 Å². The Morgan fingerprint density at radius 3 is 0.952 bits per heavy atom. The van der Waals surface area contributed by atoms with Crippen LogP contribution in [0.15, 0.2) is 36.5 Å². The first kappa shape index (κ1) is 82.2. The molecule has 0 rings (SSSR count). The molecule has 0 aromatic heterocycles. The number of hydrogen-bond donors (Lipinski definition) is 0. The summed E-state index contributed by atoms with van der Waals surface area (Å²) < 4.78 is 34.4. The van der Waals surface area contributed by atoms with Crippen molar-refractivity contribution >= 4 is 19.8 Å². The molecule has 0 saturated heterocycles. The fourth-order valence-corrected chi connectivity index (χ4v) is 11.7. The van der Waals surface area contributed by atoms with Gasteiger partial charge in [0.2, 0.25) is 0 Å². The van der Waals surface area contributed by atoms with Gasteiger partial charge in [-0.3, -0.25) is 14.2 Å². The Bertz CT molecular complexity index is 1510. The van der Waals surface area contributed by atoms with Crippen molar-refractivity contribution in [2.45, 2.75) is 380 Å². The summed E-state index contributed by atoms with van der Waals surface area (Å²) >= 11 is 0. The maximum atomic E-state index is 12.9. The van der Waals surface area contributed by atoms with Crippen LogP contribution in [0, 0.1) is 0 Å². The van der Waals surface area contributed by atoms with E-state index in [2.05, 4.69) is 50.3 Å². The smallest absolute Gasteiger partial charge is 0.306 e. The fraction of sp³-hybridized carbons (Fsp3) is 0.892. The molecule has 2 unspecified atom stereocenters. The lowest BCUT2D eigenvalue weighted by molar-refractivity contribution is -0.870. The molecule has 0 heterocycles. The van der Waals surface area contributed by atoms with Crippen LogP contribution < -0.4 is 4.89 Å². The van der Waals surface area contributed by atoms with Gasteiger partial charge < -0.3 is 27.9 Å². The van der Waals surface area contributed by atoms with Crippen LogP contribution in [0.4, 0.5) is 0 Å². The molecule has 0 aliphatic rings. The number of likely N-dealkylation sites (N-methyl/N-ethyl adjacent to an activating group) is 1. The number of quaternary nitrogens is 1. The van der Waals surface area contributed by atoms with Gasteiger partial charge in [0.15, 0.2) is 6.10 Å². The molecule has 0 radical (unpaired) electrons. The molecule has 0 bridgehead atoms. The molecule has 9 nitrogen and oxygen atoms in total. The molecule has 0 aliphatic carbocycles. The van der Waals surface area contributed by atoms with Crippen LogP contribution >= 0.6 is 7.82 Å². The number of rotatable bonds is 69. The standard InChI is InChI=1S/C74H142NO8P/c1-6-8-10-12-14-16-18-20-22-24-26-28-30-32-34-35-36-37-38-39-41-43-45-47-49-51-53-55-57-59-61-63-65-67-74(77)83-72(71-82-84(78,79)81-69-68-75(3,4)5)70-80-73(76)66-64-62-60-58-56-54-52-50-48-46-44-42-40-33-31-29-27-25-23-21-19-17-15-13-11-9-7-2/h18,20,24-27,72H,6-17,19,21-23,28-71H2,1-5H3/b20-18-,26-24-,27-25-. The Morgan fingerprint density at radius 1 is 0.369 bits per heavy atom. The lowest BCUT2D eigenvalue weighted by atomic mass is 10.0. The Kier molecular flexibility index (Phi) is 64.3. The van der Waals surface area contributed by atoms with Crippen molar-refractivity contribution in [1.82, 2.24) is 0 Å². The van der Waals surface area contributed by atoms with Crippen LogP contribution in [0.25, 0.3) is 0 Å². The van der Waals surface area contributed by atoms with Gasteiger partial charge >= 0.3 is 11.9 Å². The molecular formula is C74H142NO8P. The zero-order valence-corrected chi connectivity index (χ0v) is 57.5. The van der Waals surface area contributed by atoms with Gasteiger partial charge in [-0.05, 0) is 70.6 Å². The van der Waals surface area contributed by atoms with Crippen LogP contribution in [0.5, 0.6) is 0 Å². The molecule has 0 aromatic rings. The molecular weight excluding hydrogens is 1060 g/mol. The second-order valence-corrected chi connectivity index (χ2v) is 27.7. The van der Waals surface area contributed by atoms with E-state index in [0.29, 0.717) is 17.4 Å². The summed E-state index contributed by atoms with van der Waals surface area (Å²) in [6.45, 7) is 4.30. The number of ether oxygens (including phenoxy) is 2. The topological polar surface area (TPSA) is 111 Å². The molecule has 0 amide bonds. The summed E-state index contributed by atoms with van der Waals surface area (Å²) in [5.74, 6) is -0.811. The predicted octanol–water partition coefficient (Wildman–Crippen LogP) is 23.2. The van der Waals surface area contributed by atoms with E-state index in [0.717, 1.165) is 38.5 Å². The number of phosphoric acid groups is 1. The number of esters is 2. The minimum Gasteiger partial charge on any atom is -0.756 e. The average molecular weight is 1200 g/mol. The SMILES string of the molecule is CCCCCCC/C=C\C/C=C\CCCCCCCCCCCCCCCCCCCCCCCC(=O)OC(COC(=O)CCCCCCCCCCCCCCCCC/C=C\CCCCCCCCCC)COP(=O)([O-])OCC[N+](C)(C)C. The molecule has 0 saturated carbocycles. The van der Waals surface area contributed by atoms with E-state index in [-0.39, 0.29) is 32.0 Å². The number of allylic oxidation sites excluding steroid dienone is 6. The normalized spacial score (nSPS) is 13.3. The summed E-state index contributed by atoms with van der Waals surface area (Å²) in [5, 5.41) is 0. The molecule has 84 heavy (non-hydrogen) atoms. The van der Waals surface area contributed by atoms with Gasteiger partial charge in [-0.2, -0.15) is 0 Å². The van der Waals surface area contributed by atoms with Gasteiger partial charge in [-0.25, -0.2) is 0 Å². The minimum absolute atomic E-state index is 0.0278. The largest absolute Gasteiger partial charge is 0.756 e. The third-order valence-corrected chi connectivity index (χ3v) is 17.6. The van der Waals surface area contributed by atoms with Gasteiger partial charge in [0.25, 0.3) is 7.82 Å². The maximum absolute atomic E-state index is 12.9. The Labute approximate surface area is 522 Å². The third kappa shape index (κ3) is 69.3. The van der Waals surface area contributed by atoms with Gasteiger partial charge in [-0.15, -0.1) is 0 Å². The van der Waals surface area contributed by atoms with E-state index in [1.54, 1.807) is 0 Å². The first-order valence-corrected chi connectivity index (χ1v) is 38.2. The molecule has 496 valence electrons. The first-order valence-electron chi connectivity index (χ1n) is 36.7. The number of hydrogen-bond acceptors (Lipinski definition) is 8. The van der Waals surface area contributed by atoms with E-state index < -0.39 is 26.5 Å². The molecule has 0 N–H and O–H groups in total. The fourth-order valence-electron chi connectivity index (χ4n) is 11.0. The highest BCUT2D eigenvalue weighted by molar-refractivity contribution is 7.45. The molecule has 2 atom stereocenters. The van der Waals surface area contributed by atoms with Crippen LogP contribution in [0.1, 0.15) is 373 Å². The predicted molar refractivity (Wildman–Crippen MR) is 361 cm³/mol. The molecule has 0 aliphatic heterocycles. The number of nitrogens with zero attached hydrogens (tertiary/aromatic N) is 1. The number of carbonyl (C=O) groups is 2. The summed E-state index contributed by atoms with van der Waals surface area (Å²) in [6, 6.07) is 0. The lowest BCUT2D eigenvalue weighted by Gasteiger charge is -2.28. The van der Waals surface area contributed by atoms with Gasteiger partial charge in [0, 0.05) is 12.8 Å². The van der Waals surface area contributed by atoms with Crippen molar-refractivity contribution in [3.05, 3.63) is 36.5 Å². The number of unbranched alkanes of at least 4 members (excludes halogenated alkanes) is 49. The first-order chi connectivity index (χ1) is 41.0. The molecule has 0 aromatic carbocycles. The summed E-state index contributed by atoms with van der Waals surface area (Å²) in [6.07, 6.45) is 83.8. The van der Waals surface area contributed by atoms with Crippen molar-refractivity contribution in [3.63, 3.8) is 0 Å². The zero-order valence-electron chi connectivity index (χ0n) is 56.6. The highest BCUT2D eigenvalue weighted by atomic mass is 31.2. The second-order valence-electron chi connectivity index (χ2n) is 26.3. The van der Waals surface area contributed by atoms with Crippen LogP contribution in [0.3, 0.4) is 0 Å². The van der Waals surface area contributed by atoms with Gasteiger partial charge in [0.05, 0.1) is 27.7 Å². The summed E-state index contributed by atoms with van der Waals surface area (Å²) in [5.41, 5.74) is 0. The Morgan fingerprint density at radius 2 is 0.643 bits per heavy atom. The van der Waals surface area contributed by atoms with E-state index in [1.807, 2.05) is 21.1 Å². The zero-order chi connectivity index (χ0) is 61.2. The lowest BCUT2D eigenvalue weighted by Crippen LogP contribution is -2.37. The highest BCUT2D eigenvalue weighted by Gasteiger charge is 2.22. The highest BCUT2D eigenvalue weighted by Crippen LogP contribution is 2.38. The maximum Gasteiger partial charge on any atom is 0.306 e. The Balaban J connectivity index is 3.97. The monoisotopic (exact) mass is 1200 g/mol. The Hall–Kier alpha value is -1.77. The number of carbonyl (C=O) groups excluding carboxylic acids is 2. The van der Waals surface area contributed by atoms with Crippen molar-refractivity contribution in [2.24, 2.45) is 0 Å². The van der Waals surface area contributed by atoms with E-state index in [1.165, 1.54) is 302 Å². The third-order valence-electron chi connectivity index (χ3n) is 16.6. The van der Waals surface area contributed by atoms with E-state index in [9.17, 15) is 19.0 Å². The van der Waals surface area contributed by atoms with Crippen molar-refractivity contribution in [2.75, 3.05) is 47.5 Å².